The molecule has 1 N–H and O–H groups in total. The summed E-state index contributed by atoms with van der Waals surface area (Å²) in [6.07, 6.45) is 0. The van der Waals surface area contributed by atoms with E-state index in [1.165, 1.54) is 7.11 Å². The van der Waals surface area contributed by atoms with E-state index in [1.807, 2.05) is 13.0 Å². The molecular formula is C15H13BrClNO2. The Balaban J connectivity index is 2.21. The maximum absolute atomic E-state index is 12.2. The summed E-state index contributed by atoms with van der Waals surface area (Å²) in [5, 5.41) is 3.31. The van der Waals surface area contributed by atoms with E-state index in [2.05, 4.69) is 21.2 Å². The van der Waals surface area contributed by atoms with E-state index in [-0.39, 0.29) is 5.91 Å². The average molecular weight is 355 g/mol. The Kier molecular flexibility index (Phi) is 4.68. The van der Waals surface area contributed by atoms with Crippen molar-refractivity contribution >= 4 is 39.1 Å². The van der Waals surface area contributed by atoms with Gasteiger partial charge in [-0.25, -0.2) is 0 Å². The number of hydrogen-bond donors (Lipinski definition) is 1. The molecule has 0 aliphatic rings. The van der Waals surface area contributed by atoms with Gasteiger partial charge in [-0.05, 0) is 36.8 Å². The van der Waals surface area contributed by atoms with Gasteiger partial charge >= 0.3 is 0 Å². The van der Waals surface area contributed by atoms with Crippen LogP contribution in [0.1, 0.15) is 15.9 Å². The van der Waals surface area contributed by atoms with Crippen molar-refractivity contribution < 1.29 is 9.53 Å². The topological polar surface area (TPSA) is 38.3 Å². The first-order chi connectivity index (χ1) is 9.51. The van der Waals surface area contributed by atoms with Gasteiger partial charge in [0.15, 0.2) is 0 Å². The highest BCUT2D eigenvalue weighted by Gasteiger charge is 2.09. The molecular weight excluding hydrogens is 342 g/mol. The fraction of sp³-hybridized carbons (Fsp3) is 0.133. The van der Waals surface area contributed by atoms with Gasteiger partial charge < -0.3 is 10.1 Å². The second kappa shape index (κ2) is 6.29. The summed E-state index contributed by atoms with van der Waals surface area (Å²) in [6, 6.07) is 10.6. The molecule has 2 aromatic rings. The summed E-state index contributed by atoms with van der Waals surface area (Å²) < 4.78 is 6.02. The van der Waals surface area contributed by atoms with Crippen LogP contribution < -0.4 is 10.1 Å². The Hall–Kier alpha value is -1.52. The Morgan fingerprint density at radius 3 is 2.65 bits per heavy atom. The molecule has 0 aliphatic heterocycles. The van der Waals surface area contributed by atoms with Gasteiger partial charge in [-0.2, -0.15) is 0 Å². The second-order valence-electron chi connectivity index (χ2n) is 4.27. The normalized spacial score (nSPS) is 10.2. The van der Waals surface area contributed by atoms with Crippen LogP contribution in [0.4, 0.5) is 5.69 Å². The fourth-order valence-corrected chi connectivity index (χ4v) is 2.25. The van der Waals surface area contributed by atoms with Gasteiger partial charge in [0, 0.05) is 21.8 Å². The number of ether oxygens (including phenoxy) is 1. The van der Waals surface area contributed by atoms with Gasteiger partial charge in [-0.1, -0.05) is 33.6 Å². The minimum absolute atomic E-state index is 0.185. The molecule has 1 amide bonds. The summed E-state index contributed by atoms with van der Waals surface area (Å²) in [5.74, 6) is 0.338. The van der Waals surface area contributed by atoms with Gasteiger partial charge in [0.1, 0.15) is 5.75 Å². The zero-order chi connectivity index (χ0) is 14.7. The van der Waals surface area contributed by atoms with E-state index in [9.17, 15) is 4.79 Å². The van der Waals surface area contributed by atoms with E-state index < -0.39 is 0 Å². The third-order valence-electron chi connectivity index (χ3n) is 2.84. The summed E-state index contributed by atoms with van der Waals surface area (Å²) in [6.45, 7) is 1.97. The quantitative estimate of drug-likeness (QED) is 0.869. The van der Waals surface area contributed by atoms with Crippen LogP contribution in [0.2, 0.25) is 5.02 Å². The molecule has 0 bridgehead atoms. The number of rotatable bonds is 3. The highest BCUT2D eigenvalue weighted by molar-refractivity contribution is 9.10. The summed E-state index contributed by atoms with van der Waals surface area (Å²) in [7, 11) is 1.53. The SMILES string of the molecule is COc1cc(NC(=O)c2ccc(C)c(Br)c2)ccc1Cl. The third kappa shape index (κ3) is 3.32. The van der Waals surface area contributed by atoms with Crippen molar-refractivity contribution in [3.8, 4) is 5.75 Å². The number of halogens is 2. The van der Waals surface area contributed by atoms with Crippen LogP contribution in [-0.4, -0.2) is 13.0 Å². The van der Waals surface area contributed by atoms with Gasteiger partial charge in [0.05, 0.1) is 12.1 Å². The predicted molar refractivity (Wildman–Crippen MR) is 84.8 cm³/mol. The summed E-state index contributed by atoms with van der Waals surface area (Å²) in [4.78, 5) is 12.2. The summed E-state index contributed by atoms with van der Waals surface area (Å²) in [5.41, 5.74) is 2.29. The second-order valence-corrected chi connectivity index (χ2v) is 5.53. The Labute approximate surface area is 131 Å². The Morgan fingerprint density at radius 2 is 2.00 bits per heavy atom. The Bertz CT molecular complexity index is 658. The largest absolute Gasteiger partial charge is 0.495 e. The van der Waals surface area contributed by atoms with Crippen molar-refractivity contribution in [1.82, 2.24) is 0 Å². The molecule has 3 nitrogen and oxygen atoms in total. The number of hydrogen-bond acceptors (Lipinski definition) is 2. The first kappa shape index (κ1) is 14.9. The molecule has 0 radical (unpaired) electrons. The Morgan fingerprint density at radius 1 is 1.25 bits per heavy atom. The van der Waals surface area contributed by atoms with E-state index in [0.717, 1.165) is 10.0 Å². The average Bonchev–Trinajstić information content (AvgIpc) is 2.43. The molecule has 0 atom stereocenters. The van der Waals surface area contributed by atoms with Crippen LogP contribution in [0.15, 0.2) is 40.9 Å². The molecule has 0 heterocycles. The van der Waals surface area contributed by atoms with Crippen LogP contribution >= 0.6 is 27.5 Å². The van der Waals surface area contributed by atoms with E-state index in [1.54, 1.807) is 30.3 Å². The van der Waals surface area contributed by atoms with Crippen LogP contribution in [-0.2, 0) is 0 Å². The number of methoxy groups -OCH3 is 1. The lowest BCUT2D eigenvalue weighted by Gasteiger charge is -2.09. The van der Waals surface area contributed by atoms with Gasteiger partial charge in [0.2, 0.25) is 0 Å². The smallest absolute Gasteiger partial charge is 0.255 e. The molecule has 5 heteroatoms. The number of anilines is 1. The number of amides is 1. The molecule has 20 heavy (non-hydrogen) atoms. The number of carbonyl (C=O) groups excluding carboxylic acids is 1. The van der Waals surface area contributed by atoms with Crippen molar-refractivity contribution in [2.75, 3.05) is 12.4 Å². The predicted octanol–water partition coefficient (Wildman–Crippen LogP) is 4.67. The van der Waals surface area contributed by atoms with Gasteiger partial charge in [-0.15, -0.1) is 0 Å². The van der Waals surface area contributed by atoms with E-state index in [0.29, 0.717) is 22.0 Å². The molecule has 0 unspecified atom stereocenters. The molecule has 104 valence electrons. The molecule has 0 aliphatic carbocycles. The van der Waals surface area contributed by atoms with Gasteiger partial charge in [-0.3, -0.25) is 4.79 Å². The minimum atomic E-state index is -0.185. The lowest BCUT2D eigenvalue weighted by Crippen LogP contribution is -2.12. The zero-order valence-corrected chi connectivity index (χ0v) is 13.4. The van der Waals surface area contributed by atoms with Gasteiger partial charge in [0.25, 0.3) is 5.91 Å². The monoisotopic (exact) mass is 353 g/mol. The first-order valence-corrected chi connectivity index (χ1v) is 7.09. The zero-order valence-electron chi connectivity index (χ0n) is 11.0. The maximum Gasteiger partial charge on any atom is 0.255 e. The molecule has 0 fully saturated rings. The molecule has 2 aromatic carbocycles. The van der Waals surface area contributed by atoms with Crippen LogP contribution in [0.25, 0.3) is 0 Å². The highest BCUT2D eigenvalue weighted by Crippen LogP contribution is 2.27. The summed E-state index contributed by atoms with van der Waals surface area (Å²) >= 11 is 9.36. The lowest BCUT2D eigenvalue weighted by atomic mass is 10.1. The molecule has 0 saturated carbocycles. The number of carbonyl (C=O) groups is 1. The van der Waals surface area contributed by atoms with E-state index >= 15 is 0 Å². The number of nitrogens with one attached hydrogen (secondary N) is 1. The lowest BCUT2D eigenvalue weighted by molar-refractivity contribution is 0.102. The van der Waals surface area contributed by atoms with Crippen LogP contribution in [0.5, 0.6) is 5.75 Å². The maximum atomic E-state index is 12.2. The molecule has 0 spiro atoms. The molecule has 0 saturated heterocycles. The van der Waals surface area contributed by atoms with Crippen molar-refractivity contribution in [1.29, 1.82) is 0 Å². The first-order valence-electron chi connectivity index (χ1n) is 5.92. The van der Waals surface area contributed by atoms with Crippen LogP contribution in [0, 0.1) is 6.92 Å². The number of aryl methyl sites for hydroxylation is 1. The molecule has 0 aromatic heterocycles. The highest BCUT2D eigenvalue weighted by atomic mass is 79.9. The number of benzene rings is 2. The van der Waals surface area contributed by atoms with Crippen molar-refractivity contribution in [3.05, 3.63) is 57.0 Å². The van der Waals surface area contributed by atoms with Crippen molar-refractivity contribution in [2.24, 2.45) is 0 Å². The third-order valence-corrected chi connectivity index (χ3v) is 4.01. The van der Waals surface area contributed by atoms with Crippen molar-refractivity contribution in [3.63, 3.8) is 0 Å². The van der Waals surface area contributed by atoms with Crippen LogP contribution in [0.3, 0.4) is 0 Å². The standard InChI is InChI=1S/C15H13BrClNO2/c1-9-3-4-10(7-12(9)16)15(19)18-11-5-6-13(17)14(8-11)20-2/h3-8H,1-2H3,(H,18,19). The van der Waals surface area contributed by atoms with E-state index in [4.69, 9.17) is 16.3 Å². The fourth-order valence-electron chi connectivity index (χ4n) is 1.67. The van der Waals surface area contributed by atoms with Crippen molar-refractivity contribution in [2.45, 2.75) is 6.92 Å². The molecule has 2 rings (SSSR count). The minimum Gasteiger partial charge on any atom is -0.495 e.